The summed E-state index contributed by atoms with van der Waals surface area (Å²) in [5.74, 6) is 6.79. The van der Waals surface area contributed by atoms with Gasteiger partial charge in [0.25, 0.3) is 0 Å². The fraction of sp³-hybridized carbons (Fsp3) is 0.364. The number of benzene rings is 1. The van der Waals surface area contributed by atoms with Crippen LogP contribution in [0.5, 0.6) is 5.75 Å². The molecule has 1 aromatic carbocycles. The zero-order valence-corrected chi connectivity index (χ0v) is 11.2. The zero-order chi connectivity index (χ0) is 13.7. The number of nitrogens with zero attached hydrogens (tertiary/aromatic N) is 4. The van der Waals surface area contributed by atoms with E-state index in [1.54, 1.807) is 19.2 Å². The highest BCUT2D eigenvalue weighted by atomic mass is 35.5. The van der Waals surface area contributed by atoms with Gasteiger partial charge >= 0.3 is 0 Å². The monoisotopic (exact) mass is 282 g/mol. The largest absolute Gasteiger partial charge is 0.492 e. The van der Waals surface area contributed by atoms with Crippen LogP contribution in [0, 0.1) is 0 Å². The molecule has 0 saturated carbocycles. The summed E-state index contributed by atoms with van der Waals surface area (Å²) in [6.07, 6.45) is 0.533. The van der Waals surface area contributed by atoms with Crippen LogP contribution in [0.15, 0.2) is 24.3 Å². The molecule has 0 radical (unpaired) electrons. The first-order valence-corrected chi connectivity index (χ1v) is 6.12. The van der Waals surface area contributed by atoms with E-state index in [0.717, 1.165) is 0 Å². The lowest BCUT2D eigenvalue weighted by Gasteiger charge is -2.15. The van der Waals surface area contributed by atoms with Crippen LogP contribution in [0.1, 0.15) is 5.82 Å². The van der Waals surface area contributed by atoms with Crippen molar-refractivity contribution in [3.05, 3.63) is 35.1 Å². The summed E-state index contributed by atoms with van der Waals surface area (Å²) in [5.41, 5.74) is 2.67. The molecule has 0 spiro atoms. The van der Waals surface area contributed by atoms with Gasteiger partial charge in [-0.3, -0.25) is 11.3 Å². The van der Waals surface area contributed by atoms with Crippen molar-refractivity contribution in [3.8, 4) is 5.75 Å². The van der Waals surface area contributed by atoms with Crippen molar-refractivity contribution in [3.63, 3.8) is 0 Å². The average Bonchev–Trinajstić information content (AvgIpc) is 2.80. The standard InChI is InChI=1S/C11H15ClN6O/c1-18-16-11(15-17-18)6-9(14-13)7-19-10-4-2-3-8(12)5-10/h2-5,9,14H,6-7,13H2,1H3. The highest BCUT2D eigenvalue weighted by molar-refractivity contribution is 6.30. The van der Waals surface area contributed by atoms with Crippen LogP contribution >= 0.6 is 11.6 Å². The minimum absolute atomic E-state index is 0.108. The highest BCUT2D eigenvalue weighted by Crippen LogP contribution is 2.17. The van der Waals surface area contributed by atoms with Crippen LogP contribution in [0.2, 0.25) is 5.02 Å². The third-order valence-corrected chi connectivity index (χ3v) is 2.70. The predicted octanol–water partition coefficient (Wildman–Crippen LogP) is 0.317. The molecule has 0 bridgehead atoms. The topological polar surface area (TPSA) is 90.9 Å². The quantitative estimate of drug-likeness (QED) is 0.586. The molecule has 1 atom stereocenters. The van der Waals surface area contributed by atoms with E-state index in [9.17, 15) is 0 Å². The number of hydrogen-bond donors (Lipinski definition) is 2. The van der Waals surface area contributed by atoms with E-state index < -0.39 is 0 Å². The van der Waals surface area contributed by atoms with Crippen LogP contribution in [0.25, 0.3) is 0 Å². The number of hydrogen-bond acceptors (Lipinski definition) is 6. The van der Waals surface area contributed by atoms with E-state index in [1.165, 1.54) is 4.80 Å². The number of nitrogens with one attached hydrogen (secondary N) is 1. The van der Waals surface area contributed by atoms with Gasteiger partial charge in [0.05, 0.1) is 13.1 Å². The van der Waals surface area contributed by atoms with Gasteiger partial charge in [-0.1, -0.05) is 17.7 Å². The van der Waals surface area contributed by atoms with Gasteiger partial charge < -0.3 is 4.74 Å². The van der Waals surface area contributed by atoms with Crippen molar-refractivity contribution in [1.82, 2.24) is 25.6 Å². The lowest BCUT2D eigenvalue weighted by Crippen LogP contribution is -2.41. The number of ether oxygens (including phenoxy) is 1. The van der Waals surface area contributed by atoms with Crippen molar-refractivity contribution in [2.75, 3.05) is 6.61 Å². The second-order valence-electron chi connectivity index (χ2n) is 4.03. The molecule has 3 N–H and O–H groups in total. The highest BCUT2D eigenvalue weighted by Gasteiger charge is 2.12. The van der Waals surface area contributed by atoms with Gasteiger partial charge in [0.2, 0.25) is 0 Å². The fourth-order valence-corrected chi connectivity index (χ4v) is 1.73. The van der Waals surface area contributed by atoms with Gasteiger partial charge in [-0.15, -0.1) is 10.2 Å². The molecule has 2 rings (SSSR count). The van der Waals surface area contributed by atoms with Gasteiger partial charge in [-0.25, -0.2) is 0 Å². The summed E-state index contributed by atoms with van der Waals surface area (Å²) < 4.78 is 5.61. The lowest BCUT2D eigenvalue weighted by atomic mass is 10.2. The molecule has 0 aliphatic heterocycles. The van der Waals surface area contributed by atoms with Gasteiger partial charge in [-0.05, 0) is 23.4 Å². The molecule has 0 amide bonds. The second kappa shape index (κ2) is 6.46. The molecular weight excluding hydrogens is 268 g/mol. The van der Waals surface area contributed by atoms with Gasteiger partial charge in [0.15, 0.2) is 5.82 Å². The number of halogens is 1. The number of aromatic nitrogens is 4. The molecule has 2 aromatic rings. The van der Waals surface area contributed by atoms with Gasteiger partial charge in [0.1, 0.15) is 12.4 Å². The molecular formula is C11H15ClN6O. The number of tetrazole rings is 1. The number of hydrazine groups is 1. The number of aryl methyl sites for hydroxylation is 1. The Hall–Kier alpha value is -1.70. The Morgan fingerprint density at radius 2 is 2.37 bits per heavy atom. The minimum atomic E-state index is -0.108. The smallest absolute Gasteiger partial charge is 0.176 e. The molecule has 7 nitrogen and oxygen atoms in total. The van der Waals surface area contributed by atoms with Crippen molar-refractivity contribution < 1.29 is 4.74 Å². The van der Waals surface area contributed by atoms with Crippen molar-refractivity contribution >= 4 is 11.6 Å². The average molecular weight is 283 g/mol. The molecule has 0 saturated heterocycles. The van der Waals surface area contributed by atoms with Gasteiger partial charge in [0, 0.05) is 11.4 Å². The van der Waals surface area contributed by atoms with Crippen LogP contribution in [-0.2, 0) is 13.5 Å². The first-order valence-electron chi connectivity index (χ1n) is 5.74. The normalized spacial score (nSPS) is 12.4. The van der Waals surface area contributed by atoms with E-state index >= 15 is 0 Å². The molecule has 102 valence electrons. The van der Waals surface area contributed by atoms with E-state index in [1.807, 2.05) is 12.1 Å². The fourth-order valence-electron chi connectivity index (χ4n) is 1.54. The maximum Gasteiger partial charge on any atom is 0.176 e. The Labute approximate surface area is 115 Å². The second-order valence-corrected chi connectivity index (χ2v) is 4.47. The van der Waals surface area contributed by atoms with E-state index in [-0.39, 0.29) is 6.04 Å². The Morgan fingerprint density at radius 1 is 1.53 bits per heavy atom. The molecule has 1 aromatic heterocycles. The van der Waals surface area contributed by atoms with Crippen LogP contribution in [-0.4, -0.2) is 32.9 Å². The number of rotatable bonds is 6. The van der Waals surface area contributed by atoms with E-state index in [0.29, 0.717) is 29.6 Å². The Kier molecular flexibility index (Phi) is 4.67. The maximum absolute atomic E-state index is 5.88. The minimum Gasteiger partial charge on any atom is -0.492 e. The first-order chi connectivity index (χ1) is 9.17. The Balaban J connectivity index is 1.89. The molecule has 0 aliphatic rings. The van der Waals surface area contributed by atoms with Crippen LogP contribution < -0.4 is 16.0 Å². The first kappa shape index (κ1) is 13.7. The van der Waals surface area contributed by atoms with Crippen molar-refractivity contribution in [1.29, 1.82) is 0 Å². The van der Waals surface area contributed by atoms with E-state index in [4.69, 9.17) is 22.2 Å². The summed E-state index contributed by atoms with van der Waals surface area (Å²) >= 11 is 5.88. The van der Waals surface area contributed by atoms with E-state index in [2.05, 4.69) is 20.8 Å². The molecule has 1 heterocycles. The molecule has 8 heteroatoms. The van der Waals surface area contributed by atoms with Gasteiger partial charge in [-0.2, -0.15) is 4.80 Å². The van der Waals surface area contributed by atoms with Crippen LogP contribution in [0.3, 0.4) is 0 Å². The molecule has 1 unspecified atom stereocenters. The maximum atomic E-state index is 5.88. The van der Waals surface area contributed by atoms with Crippen LogP contribution in [0.4, 0.5) is 0 Å². The summed E-state index contributed by atoms with van der Waals surface area (Å²) in [6, 6.07) is 7.09. The Morgan fingerprint density at radius 3 is 3.00 bits per heavy atom. The summed E-state index contributed by atoms with van der Waals surface area (Å²) in [7, 11) is 1.71. The third-order valence-electron chi connectivity index (χ3n) is 2.46. The SMILES string of the molecule is Cn1nnc(CC(COc2cccc(Cl)c2)NN)n1. The van der Waals surface area contributed by atoms with Crippen molar-refractivity contribution in [2.24, 2.45) is 12.9 Å². The lowest BCUT2D eigenvalue weighted by molar-refractivity contribution is 0.262. The predicted molar refractivity (Wildman–Crippen MR) is 70.6 cm³/mol. The Bertz CT molecular complexity index is 531. The summed E-state index contributed by atoms with van der Waals surface area (Å²) in [5, 5.41) is 12.4. The van der Waals surface area contributed by atoms with Crippen molar-refractivity contribution in [2.45, 2.75) is 12.5 Å². The number of nitrogens with two attached hydrogens (primary N) is 1. The molecule has 19 heavy (non-hydrogen) atoms. The molecule has 0 aliphatic carbocycles. The summed E-state index contributed by atoms with van der Waals surface area (Å²) in [6.45, 7) is 0.384. The zero-order valence-electron chi connectivity index (χ0n) is 10.5. The summed E-state index contributed by atoms with van der Waals surface area (Å²) in [4.78, 5) is 1.40. The molecule has 0 fully saturated rings. The third kappa shape index (κ3) is 4.16.